The highest BCUT2D eigenvalue weighted by molar-refractivity contribution is 5.81. The Morgan fingerprint density at radius 3 is 2.36 bits per heavy atom. The molecule has 22 heavy (non-hydrogen) atoms. The first kappa shape index (κ1) is 18.7. The third-order valence-corrected chi connectivity index (χ3v) is 3.90. The quantitative estimate of drug-likeness (QED) is 0.322. The molecule has 128 valence electrons. The van der Waals surface area contributed by atoms with Gasteiger partial charge in [0, 0.05) is 40.7 Å². The molecule has 0 spiro atoms. The van der Waals surface area contributed by atoms with Crippen LogP contribution in [0.25, 0.3) is 0 Å². The van der Waals surface area contributed by atoms with Crippen molar-refractivity contribution in [3.63, 3.8) is 0 Å². The van der Waals surface area contributed by atoms with Crippen molar-refractivity contribution in [2.75, 3.05) is 40.8 Å². The number of carbonyl (C=O) groups excluding carboxylic acids is 1. The van der Waals surface area contributed by atoms with Crippen LogP contribution in [0.2, 0.25) is 0 Å². The van der Waals surface area contributed by atoms with E-state index in [1.165, 1.54) is 38.5 Å². The number of guanidine groups is 1. The Morgan fingerprint density at radius 2 is 1.77 bits per heavy atom. The number of nitrogens with zero attached hydrogens (tertiary/aromatic N) is 2. The molecule has 0 bridgehead atoms. The van der Waals surface area contributed by atoms with Gasteiger partial charge in [-0.3, -0.25) is 9.79 Å². The van der Waals surface area contributed by atoms with E-state index in [2.05, 4.69) is 15.6 Å². The highest BCUT2D eigenvalue weighted by Crippen LogP contribution is 2.19. The zero-order valence-electron chi connectivity index (χ0n) is 14.4. The summed E-state index contributed by atoms with van der Waals surface area (Å²) in [4.78, 5) is 17.2. The molecule has 0 aromatic rings. The summed E-state index contributed by atoms with van der Waals surface area (Å²) in [6, 6.07) is 0. The fourth-order valence-electron chi connectivity index (χ4n) is 2.54. The van der Waals surface area contributed by atoms with Gasteiger partial charge >= 0.3 is 0 Å². The smallest absolute Gasteiger partial charge is 0.223 e. The molecule has 2 N–H and O–H groups in total. The number of amides is 1. The molecule has 0 aromatic heterocycles. The predicted molar refractivity (Wildman–Crippen MR) is 90.1 cm³/mol. The summed E-state index contributed by atoms with van der Waals surface area (Å²) in [7, 11) is 5.26. The van der Waals surface area contributed by atoms with E-state index in [1.807, 2.05) is 0 Å². The summed E-state index contributed by atoms with van der Waals surface area (Å²) >= 11 is 0. The van der Waals surface area contributed by atoms with Gasteiger partial charge < -0.3 is 20.3 Å². The van der Waals surface area contributed by atoms with Gasteiger partial charge in [-0.25, -0.2) is 0 Å². The molecule has 0 saturated heterocycles. The topological polar surface area (TPSA) is 66.0 Å². The van der Waals surface area contributed by atoms with Crippen molar-refractivity contribution in [2.24, 2.45) is 4.99 Å². The number of hydrogen-bond donors (Lipinski definition) is 2. The second-order valence-electron chi connectivity index (χ2n) is 5.95. The second-order valence-corrected chi connectivity index (χ2v) is 5.95. The number of aliphatic imine (C=N–C) groups is 1. The average Bonchev–Trinajstić information content (AvgIpc) is 2.78. The summed E-state index contributed by atoms with van der Waals surface area (Å²) in [6.07, 6.45) is 8.56. The summed E-state index contributed by atoms with van der Waals surface area (Å²) in [5.74, 6) is 0.829. The zero-order valence-corrected chi connectivity index (χ0v) is 14.4. The van der Waals surface area contributed by atoms with Crippen molar-refractivity contribution < 1.29 is 9.53 Å². The Bertz CT molecular complexity index is 337. The van der Waals surface area contributed by atoms with E-state index in [-0.39, 0.29) is 5.91 Å². The molecular weight excluding hydrogens is 280 g/mol. The second kappa shape index (κ2) is 11.3. The van der Waals surface area contributed by atoms with Crippen molar-refractivity contribution in [1.29, 1.82) is 0 Å². The first-order valence-electron chi connectivity index (χ1n) is 8.39. The van der Waals surface area contributed by atoms with Gasteiger partial charge in [-0.15, -0.1) is 0 Å². The third kappa shape index (κ3) is 8.22. The Labute approximate surface area is 134 Å². The summed E-state index contributed by atoms with van der Waals surface area (Å²) in [6.45, 7) is 2.01. The van der Waals surface area contributed by atoms with E-state index in [0.717, 1.165) is 12.5 Å². The van der Waals surface area contributed by atoms with Crippen molar-refractivity contribution in [1.82, 2.24) is 15.5 Å². The normalized spacial score (nSPS) is 17.0. The minimum absolute atomic E-state index is 0.111. The van der Waals surface area contributed by atoms with Crippen LogP contribution in [0.1, 0.15) is 44.9 Å². The van der Waals surface area contributed by atoms with Gasteiger partial charge in [0.2, 0.25) is 5.91 Å². The molecule has 0 atom stereocenters. The molecule has 1 aliphatic rings. The van der Waals surface area contributed by atoms with E-state index in [1.54, 1.807) is 26.0 Å². The Hall–Kier alpha value is -1.30. The van der Waals surface area contributed by atoms with Crippen LogP contribution in [-0.2, 0) is 9.53 Å². The Morgan fingerprint density at radius 1 is 1.14 bits per heavy atom. The lowest BCUT2D eigenvalue weighted by atomic mass is 10.1. The van der Waals surface area contributed by atoms with Crippen LogP contribution in [0.3, 0.4) is 0 Å². The molecule has 0 aliphatic heterocycles. The van der Waals surface area contributed by atoms with Crippen LogP contribution in [0.15, 0.2) is 4.99 Å². The lowest BCUT2D eigenvalue weighted by Crippen LogP contribution is -2.40. The maximum absolute atomic E-state index is 11.5. The minimum Gasteiger partial charge on any atom is -0.376 e. The monoisotopic (exact) mass is 312 g/mol. The minimum atomic E-state index is 0.111. The fraction of sp³-hybridized carbons (Fsp3) is 0.875. The van der Waals surface area contributed by atoms with E-state index in [4.69, 9.17) is 4.74 Å². The molecule has 0 radical (unpaired) electrons. The van der Waals surface area contributed by atoms with Gasteiger partial charge in [0.1, 0.15) is 0 Å². The van der Waals surface area contributed by atoms with Gasteiger partial charge in [0.25, 0.3) is 0 Å². The van der Waals surface area contributed by atoms with E-state index in [0.29, 0.717) is 25.7 Å². The first-order chi connectivity index (χ1) is 10.6. The first-order valence-corrected chi connectivity index (χ1v) is 8.39. The maximum atomic E-state index is 11.5. The van der Waals surface area contributed by atoms with Crippen molar-refractivity contribution in [3.05, 3.63) is 0 Å². The van der Waals surface area contributed by atoms with E-state index in [9.17, 15) is 4.79 Å². The predicted octanol–water partition coefficient (Wildman–Crippen LogP) is 1.37. The maximum Gasteiger partial charge on any atom is 0.223 e. The third-order valence-electron chi connectivity index (χ3n) is 3.90. The highest BCUT2D eigenvalue weighted by atomic mass is 16.5. The molecular formula is C16H32N4O2. The van der Waals surface area contributed by atoms with Crippen molar-refractivity contribution >= 4 is 11.9 Å². The lowest BCUT2D eigenvalue weighted by Gasteiger charge is -2.17. The molecule has 0 heterocycles. The molecule has 6 heteroatoms. The SMILES string of the molecule is CN=C(NCCOC1CCCCCC1)NCCC(=O)N(C)C. The summed E-state index contributed by atoms with van der Waals surface area (Å²) in [5, 5.41) is 6.36. The summed E-state index contributed by atoms with van der Waals surface area (Å²) < 4.78 is 5.93. The molecule has 0 unspecified atom stereocenters. The molecule has 0 aromatic carbocycles. The van der Waals surface area contributed by atoms with Gasteiger partial charge in [-0.05, 0) is 12.8 Å². The highest BCUT2D eigenvalue weighted by Gasteiger charge is 2.12. The Balaban J connectivity index is 2.09. The zero-order chi connectivity index (χ0) is 16.2. The molecule has 1 amide bonds. The molecule has 1 fully saturated rings. The molecule has 6 nitrogen and oxygen atoms in total. The fourth-order valence-corrected chi connectivity index (χ4v) is 2.54. The van der Waals surface area contributed by atoms with Crippen molar-refractivity contribution in [3.8, 4) is 0 Å². The van der Waals surface area contributed by atoms with Crippen LogP contribution in [0.5, 0.6) is 0 Å². The van der Waals surface area contributed by atoms with Gasteiger partial charge in [-0.2, -0.15) is 0 Å². The standard InChI is InChI=1S/C16H32N4O2/c1-17-16(18-11-10-15(21)20(2)3)19-12-13-22-14-8-6-4-5-7-9-14/h14H,4-13H2,1-3H3,(H2,17,18,19). The lowest BCUT2D eigenvalue weighted by molar-refractivity contribution is -0.128. The molecule has 1 saturated carbocycles. The van der Waals surface area contributed by atoms with Crippen molar-refractivity contribution in [2.45, 2.75) is 51.0 Å². The van der Waals surface area contributed by atoms with Crippen LogP contribution in [0, 0.1) is 0 Å². The van der Waals surface area contributed by atoms with Gasteiger partial charge in [0.05, 0.1) is 12.7 Å². The van der Waals surface area contributed by atoms with Crippen LogP contribution in [-0.4, -0.2) is 63.7 Å². The van der Waals surface area contributed by atoms with Crippen LogP contribution in [0.4, 0.5) is 0 Å². The number of ether oxygens (including phenoxy) is 1. The number of hydrogen-bond acceptors (Lipinski definition) is 3. The number of nitrogens with one attached hydrogen (secondary N) is 2. The van der Waals surface area contributed by atoms with Crippen LogP contribution < -0.4 is 10.6 Å². The van der Waals surface area contributed by atoms with Crippen LogP contribution >= 0.6 is 0 Å². The summed E-state index contributed by atoms with van der Waals surface area (Å²) in [5.41, 5.74) is 0. The largest absolute Gasteiger partial charge is 0.376 e. The van der Waals surface area contributed by atoms with E-state index >= 15 is 0 Å². The number of carbonyl (C=O) groups is 1. The average molecular weight is 312 g/mol. The van der Waals surface area contributed by atoms with E-state index < -0.39 is 0 Å². The molecule has 1 rings (SSSR count). The van der Waals surface area contributed by atoms with Gasteiger partial charge in [-0.1, -0.05) is 25.7 Å². The number of rotatable bonds is 7. The molecule has 1 aliphatic carbocycles. The Kier molecular flexibility index (Phi) is 9.62. The van der Waals surface area contributed by atoms with Gasteiger partial charge in [0.15, 0.2) is 5.96 Å².